The minimum absolute atomic E-state index is 0.128. The van der Waals surface area contributed by atoms with E-state index in [0.717, 1.165) is 34.9 Å². The molecule has 2 rings (SSSR count). The first-order chi connectivity index (χ1) is 9.45. The molecule has 1 fully saturated rings. The van der Waals surface area contributed by atoms with E-state index >= 15 is 0 Å². The second-order valence-corrected chi connectivity index (χ2v) is 6.76. The van der Waals surface area contributed by atoms with E-state index in [0.29, 0.717) is 11.3 Å². The van der Waals surface area contributed by atoms with Gasteiger partial charge in [0.2, 0.25) is 0 Å². The van der Waals surface area contributed by atoms with Gasteiger partial charge in [-0.1, -0.05) is 12.1 Å². The van der Waals surface area contributed by atoms with Crippen LogP contribution in [0.3, 0.4) is 0 Å². The number of rotatable bonds is 2. The number of amidine groups is 1. The van der Waals surface area contributed by atoms with E-state index < -0.39 is 0 Å². The number of nitrogens with zero attached hydrogens (tertiary/aromatic N) is 3. The predicted molar refractivity (Wildman–Crippen MR) is 84.9 cm³/mol. The van der Waals surface area contributed by atoms with Gasteiger partial charge in [0.25, 0.3) is 0 Å². The average molecular weight is 294 g/mol. The fraction of sp³-hybridized carbons (Fsp3) is 0.571. The van der Waals surface area contributed by atoms with E-state index in [-0.39, 0.29) is 5.84 Å². The van der Waals surface area contributed by atoms with Crippen molar-refractivity contribution in [2.75, 3.05) is 17.2 Å². The van der Waals surface area contributed by atoms with Crippen molar-refractivity contribution in [3.8, 4) is 0 Å². The molecule has 1 aliphatic heterocycles. The van der Waals surface area contributed by atoms with Gasteiger partial charge in [0.05, 0.1) is 5.56 Å². The van der Waals surface area contributed by atoms with Crippen molar-refractivity contribution < 1.29 is 5.21 Å². The number of aryl methyl sites for hydroxylation is 2. The molecule has 2 unspecified atom stereocenters. The van der Waals surface area contributed by atoms with Gasteiger partial charge >= 0.3 is 0 Å². The number of oxime groups is 1. The summed E-state index contributed by atoms with van der Waals surface area (Å²) in [6.45, 7) is 9.30. The van der Waals surface area contributed by atoms with Crippen molar-refractivity contribution in [3.63, 3.8) is 0 Å². The van der Waals surface area contributed by atoms with Crippen LogP contribution < -0.4 is 10.6 Å². The van der Waals surface area contributed by atoms with Crippen molar-refractivity contribution in [1.29, 1.82) is 0 Å². The number of nitrogens with two attached hydrogens (primary N) is 1. The number of anilines is 1. The summed E-state index contributed by atoms with van der Waals surface area (Å²) in [5, 5.41) is 12.7. The highest BCUT2D eigenvalue weighted by molar-refractivity contribution is 8.00. The first kappa shape index (κ1) is 15.0. The summed E-state index contributed by atoms with van der Waals surface area (Å²) in [6.07, 6.45) is 0. The molecule has 0 aliphatic carbocycles. The number of aromatic nitrogens is 1. The van der Waals surface area contributed by atoms with Crippen LogP contribution >= 0.6 is 11.8 Å². The lowest BCUT2D eigenvalue weighted by atomic mass is 10.1. The molecular weight excluding hydrogens is 272 g/mol. The molecule has 20 heavy (non-hydrogen) atoms. The Hall–Kier alpha value is -1.43. The Morgan fingerprint density at radius 2 is 2.20 bits per heavy atom. The van der Waals surface area contributed by atoms with Crippen molar-refractivity contribution >= 4 is 23.4 Å². The summed E-state index contributed by atoms with van der Waals surface area (Å²) in [5.74, 6) is 2.02. The SMILES string of the molecule is Cc1cc(C)c(/C(N)=N/O)c(N2CCSC(C)C2C)n1. The van der Waals surface area contributed by atoms with E-state index in [9.17, 15) is 0 Å². The van der Waals surface area contributed by atoms with Gasteiger partial charge in [0.15, 0.2) is 5.84 Å². The average Bonchev–Trinajstić information content (AvgIpc) is 2.40. The molecule has 0 saturated carbocycles. The lowest BCUT2D eigenvalue weighted by molar-refractivity contribution is 0.318. The van der Waals surface area contributed by atoms with E-state index in [1.807, 2.05) is 31.7 Å². The summed E-state index contributed by atoms with van der Waals surface area (Å²) < 4.78 is 0. The summed E-state index contributed by atoms with van der Waals surface area (Å²) >= 11 is 1.97. The van der Waals surface area contributed by atoms with Crippen LogP contribution in [0.5, 0.6) is 0 Å². The highest BCUT2D eigenvalue weighted by Crippen LogP contribution is 2.31. The van der Waals surface area contributed by atoms with Crippen LogP contribution in [0.4, 0.5) is 5.82 Å². The second-order valence-electron chi connectivity index (χ2n) is 5.27. The van der Waals surface area contributed by atoms with Gasteiger partial charge in [0, 0.05) is 29.3 Å². The molecule has 0 amide bonds. The van der Waals surface area contributed by atoms with E-state index in [1.54, 1.807) is 0 Å². The van der Waals surface area contributed by atoms with Crippen LogP contribution in [0.15, 0.2) is 11.2 Å². The van der Waals surface area contributed by atoms with Crippen molar-refractivity contribution in [2.24, 2.45) is 10.9 Å². The zero-order valence-electron chi connectivity index (χ0n) is 12.4. The number of hydrogen-bond donors (Lipinski definition) is 2. The Morgan fingerprint density at radius 3 is 2.85 bits per heavy atom. The largest absolute Gasteiger partial charge is 0.409 e. The molecule has 1 aromatic rings. The van der Waals surface area contributed by atoms with Crippen LogP contribution in [0.1, 0.15) is 30.7 Å². The maximum absolute atomic E-state index is 9.04. The molecule has 0 bridgehead atoms. The monoisotopic (exact) mass is 294 g/mol. The quantitative estimate of drug-likeness (QED) is 0.378. The first-order valence-electron chi connectivity index (χ1n) is 6.80. The highest BCUT2D eigenvalue weighted by Gasteiger charge is 2.29. The van der Waals surface area contributed by atoms with Crippen molar-refractivity contribution in [2.45, 2.75) is 39.0 Å². The topological polar surface area (TPSA) is 74.7 Å². The zero-order valence-corrected chi connectivity index (χ0v) is 13.2. The van der Waals surface area contributed by atoms with Crippen LogP contribution in [0.2, 0.25) is 0 Å². The van der Waals surface area contributed by atoms with Crippen molar-refractivity contribution in [3.05, 3.63) is 22.9 Å². The maximum atomic E-state index is 9.04. The molecule has 2 heterocycles. The third-order valence-electron chi connectivity index (χ3n) is 3.85. The van der Waals surface area contributed by atoms with Gasteiger partial charge in [-0.25, -0.2) is 4.98 Å². The first-order valence-corrected chi connectivity index (χ1v) is 7.85. The molecule has 6 heteroatoms. The zero-order chi connectivity index (χ0) is 14.9. The Labute approximate surface area is 124 Å². The van der Waals surface area contributed by atoms with Crippen molar-refractivity contribution in [1.82, 2.24) is 4.98 Å². The molecule has 0 radical (unpaired) electrons. The van der Waals surface area contributed by atoms with Gasteiger partial charge in [-0.2, -0.15) is 11.8 Å². The Kier molecular flexibility index (Phi) is 4.42. The summed E-state index contributed by atoms with van der Waals surface area (Å²) in [4.78, 5) is 6.93. The van der Waals surface area contributed by atoms with Crippen LogP contribution in [-0.2, 0) is 0 Å². The molecule has 1 aromatic heterocycles. The fourth-order valence-electron chi connectivity index (χ4n) is 2.62. The second kappa shape index (κ2) is 5.91. The van der Waals surface area contributed by atoms with Crippen LogP contribution in [-0.4, -0.2) is 39.6 Å². The van der Waals surface area contributed by atoms with E-state index in [2.05, 4.69) is 28.9 Å². The summed E-state index contributed by atoms with van der Waals surface area (Å²) in [6, 6.07) is 2.33. The molecule has 0 spiro atoms. The van der Waals surface area contributed by atoms with E-state index in [1.165, 1.54) is 0 Å². The van der Waals surface area contributed by atoms with Crippen LogP contribution in [0.25, 0.3) is 0 Å². The van der Waals surface area contributed by atoms with Gasteiger partial charge in [-0.15, -0.1) is 0 Å². The Bertz CT molecular complexity index is 532. The molecule has 3 N–H and O–H groups in total. The third-order valence-corrected chi connectivity index (χ3v) is 5.18. The third kappa shape index (κ3) is 2.70. The number of pyridine rings is 1. The van der Waals surface area contributed by atoms with Gasteiger partial charge in [-0.3, -0.25) is 0 Å². The number of thioether (sulfide) groups is 1. The molecule has 0 aromatic carbocycles. The van der Waals surface area contributed by atoms with Gasteiger partial charge in [0.1, 0.15) is 5.82 Å². The molecular formula is C14H22N4OS. The standard InChI is InChI=1S/C14H22N4OS/c1-8-7-9(2)16-14(12(8)13(15)17-19)18-5-6-20-11(4)10(18)3/h7,10-11,19H,5-6H2,1-4H3,(H2,15,17). The minimum atomic E-state index is 0.128. The molecule has 110 valence electrons. The van der Waals surface area contributed by atoms with Gasteiger partial charge in [-0.05, 0) is 32.4 Å². The summed E-state index contributed by atoms with van der Waals surface area (Å²) in [5.41, 5.74) is 8.54. The lowest BCUT2D eigenvalue weighted by Crippen LogP contribution is -2.46. The maximum Gasteiger partial charge on any atom is 0.174 e. The van der Waals surface area contributed by atoms with E-state index in [4.69, 9.17) is 10.9 Å². The predicted octanol–water partition coefficient (Wildman–Crippen LogP) is 2.12. The normalized spacial score (nSPS) is 24.0. The smallest absolute Gasteiger partial charge is 0.174 e. The number of hydrogen-bond acceptors (Lipinski definition) is 5. The Morgan fingerprint density at radius 1 is 1.50 bits per heavy atom. The lowest BCUT2D eigenvalue weighted by Gasteiger charge is -2.39. The molecule has 2 atom stereocenters. The molecule has 5 nitrogen and oxygen atoms in total. The Balaban J connectivity index is 2.54. The van der Waals surface area contributed by atoms with Crippen LogP contribution in [0, 0.1) is 13.8 Å². The molecule has 1 saturated heterocycles. The minimum Gasteiger partial charge on any atom is -0.409 e. The molecule has 1 aliphatic rings. The van der Waals surface area contributed by atoms with Gasteiger partial charge < -0.3 is 15.8 Å². The fourth-order valence-corrected chi connectivity index (χ4v) is 3.72. The highest BCUT2D eigenvalue weighted by atomic mass is 32.2. The summed E-state index contributed by atoms with van der Waals surface area (Å²) in [7, 11) is 0.